The number of fused-ring (bicyclic) bond motifs is 1. The fourth-order valence-electron chi connectivity index (χ4n) is 3.51. The predicted molar refractivity (Wildman–Crippen MR) is 90.0 cm³/mol. The molecule has 1 aromatic carbocycles. The lowest BCUT2D eigenvalue weighted by molar-refractivity contribution is -0.120. The van der Waals surface area contributed by atoms with Gasteiger partial charge in [-0.3, -0.25) is 4.79 Å². The minimum atomic E-state index is -0.0127. The van der Waals surface area contributed by atoms with Gasteiger partial charge in [-0.15, -0.1) is 0 Å². The lowest BCUT2D eigenvalue weighted by Crippen LogP contribution is -2.34. The number of nitrogens with one attached hydrogen (secondary N) is 1. The molecule has 3 rings (SSSR count). The van der Waals surface area contributed by atoms with Crippen LogP contribution >= 0.6 is 0 Å². The molecule has 0 spiro atoms. The second-order valence-electron chi connectivity index (χ2n) is 6.63. The van der Waals surface area contributed by atoms with Crippen molar-refractivity contribution in [1.82, 2.24) is 0 Å². The Labute approximate surface area is 137 Å². The summed E-state index contributed by atoms with van der Waals surface area (Å²) in [5.41, 5.74) is 7.83. The molecular weight excluding hydrogens is 292 g/mol. The number of hydrogen-bond acceptors (Lipinski definition) is 4. The number of amides is 1. The molecule has 1 saturated carbocycles. The van der Waals surface area contributed by atoms with Crippen LogP contribution < -0.4 is 20.5 Å². The molecular formula is C18H26N2O3. The maximum Gasteiger partial charge on any atom is 0.227 e. The molecule has 1 aliphatic heterocycles. The molecule has 3 atom stereocenters. The fourth-order valence-corrected chi connectivity index (χ4v) is 3.51. The zero-order chi connectivity index (χ0) is 16.4. The topological polar surface area (TPSA) is 73.6 Å². The number of anilines is 1. The SMILES string of the molecule is CCOc1cc2c(cc1NC(=O)C1CCCC(N)C1)OC(C)C2. The van der Waals surface area contributed by atoms with Crippen molar-refractivity contribution in [3.05, 3.63) is 17.7 Å². The van der Waals surface area contributed by atoms with Crippen LogP contribution in [-0.4, -0.2) is 24.7 Å². The highest BCUT2D eigenvalue weighted by Gasteiger charge is 2.27. The van der Waals surface area contributed by atoms with Crippen LogP contribution in [0.3, 0.4) is 0 Å². The third-order valence-corrected chi connectivity index (χ3v) is 4.64. The fraction of sp³-hybridized carbons (Fsp3) is 0.611. The first kappa shape index (κ1) is 16.1. The van der Waals surface area contributed by atoms with Crippen molar-refractivity contribution in [3.63, 3.8) is 0 Å². The number of hydrogen-bond donors (Lipinski definition) is 2. The van der Waals surface area contributed by atoms with Crippen LogP contribution in [0.15, 0.2) is 12.1 Å². The third-order valence-electron chi connectivity index (χ3n) is 4.64. The summed E-state index contributed by atoms with van der Waals surface area (Å²) in [7, 11) is 0. The van der Waals surface area contributed by atoms with Gasteiger partial charge in [0.2, 0.25) is 5.91 Å². The molecule has 1 amide bonds. The number of rotatable bonds is 4. The van der Waals surface area contributed by atoms with Gasteiger partial charge < -0.3 is 20.5 Å². The molecule has 1 aromatic rings. The molecule has 3 N–H and O–H groups in total. The maximum atomic E-state index is 12.6. The highest BCUT2D eigenvalue weighted by molar-refractivity contribution is 5.94. The Hall–Kier alpha value is -1.75. The standard InChI is InChI=1S/C18H26N2O3/c1-3-22-17-9-13-7-11(2)23-16(13)10-15(17)20-18(21)12-5-4-6-14(19)8-12/h9-12,14H,3-8,19H2,1-2H3,(H,20,21). The number of nitrogens with two attached hydrogens (primary N) is 1. The van der Waals surface area contributed by atoms with Crippen molar-refractivity contribution >= 4 is 11.6 Å². The minimum Gasteiger partial charge on any atom is -0.492 e. The van der Waals surface area contributed by atoms with Gasteiger partial charge in [0.1, 0.15) is 17.6 Å². The van der Waals surface area contributed by atoms with Crippen molar-refractivity contribution < 1.29 is 14.3 Å². The minimum absolute atomic E-state index is 0.0127. The average molecular weight is 318 g/mol. The molecule has 0 aromatic heterocycles. The van der Waals surface area contributed by atoms with Gasteiger partial charge in [-0.1, -0.05) is 6.42 Å². The third kappa shape index (κ3) is 3.61. The van der Waals surface area contributed by atoms with E-state index in [1.165, 1.54) is 0 Å². The van der Waals surface area contributed by atoms with Gasteiger partial charge in [0, 0.05) is 30.0 Å². The van der Waals surface area contributed by atoms with Crippen molar-refractivity contribution in [1.29, 1.82) is 0 Å². The highest BCUT2D eigenvalue weighted by atomic mass is 16.5. The van der Waals surface area contributed by atoms with Crippen LogP contribution in [0.4, 0.5) is 5.69 Å². The van der Waals surface area contributed by atoms with Crippen LogP contribution in [0.25, 0.3) is 0 Å². The Kier molecular flexibility index (Phi) is 4.76. The number of carbonyl (C=O) groups is 1. The molecule has 23 heavy (non-hydrogen) atoms. The van der Waals surface area contributed by atoms with Gasteiger partial charge in [0.15, 0.2) is 0 Å². The van der Waals surface area contributed by atoms with Crippen molar-refractivity contribution in [2.75, 3.05) is 11.9 Å². The van der Waals surface area contributed by atoms with E-state index in [0.29, 0.717) is 12.3 Å². The molecule has 5 heteroatoms. The maximum absolute atomic E-state index is 12.6. The van der Waals surface area contributed by atoms with E-state index in [1.807, 2.05) is 26.0 Å². The molecule has 0 bridgehead atoms. The van der Waals surface area contributed by atoms with E-state index in [9.17, 15) is 4.79 Å². The summed E-state index contributed by atoms with van der Waals surface area (Å²) in [5.74, 6) is 1.59. The van der Waals surface area contributed by atoms with E-state index >= 15 is 0 Å². The van der Waals surface area contributed by atoms with E-state index < -0.39 is 0 Å². The monoisotopic (exact) mass is 318 g/mol. The second-order valence-corrected chi connectivity index (χ2v) is 6.63. The molecule has 0 radical (unpaired) electrons. The number of benzene rings is 1. The summed E-state index contributed by atoms with van der Waals surface area (Å²) in [6.07, 6.45) is 4.74. The van der Waals surface area contributed by atoms with Crippen molar-refractivity contribution in [2.45, 2.75) is 58.1 Å². The lowest BCUT2D eigenvalue weighted by Gasteiger charge is -2.26. The van der Waals surface area contributed by atoms with E-state index in [1.54, 1.807) is 0 Å². The zero-order valence-corrected chi connectivity index (χ0v) is 13.9. The Morgan fingerprint density at radius 2 is 2.26 bits per heavy atom. The quantitative estimate of drug-likeness (QED) is 0.895. The Morgan fingerprint density at radius 1 is 1.43 bits per heavy atom. The Bertz CT molecular complexity index is 588. The lowest BCUT2D eigenvalue weighted by atomic mass is 9.85. The summed E-state index contributed by atoms with van der Waals surface area (Å²) in [4.78, 5) is 12.6. The van der Waals surface area contributed by atoms with Crippen LogP contribution in [0, 0.1) is 5.92 Å². The largest absolute Gasteiger partial charge is 0.492 e. The van der Waals surface area contributed by atoms with Crippen molar-refractivity contribution in [2.24, 2.45) is 11.7 Å². The van der Waals surface area contributed by atoms with Gasteiger partial charge in [0.05, 0.1) is 12.3 Å². The summed E-state index contributed by atoms with van der Waals surface area (Å²) in [6.45, 7) is 4.55. The smallest absolute Gasteiger partial charge is 0.227 e. The molecule has 3 unspecified atom stereocenters. The number of carbonyl (C=O) groups excluding carboxylic acids is 1. The van der Waals surface area contributed by atoms with E-state index in [2.05, 4.69) is 5.32 Å². The van der Waals surface area contributed by atoms with Crippen LogP contribution in [0.1, 0.15) is 45.1 Å². The normalized spacial score (nSPS) is 26.3. The Balaban J connectivity index is 1.78. The van der Waals surface area contributed by atoms with E-state index in [4.69, 9.17) is 15.2 Å². The first-order valence-corrected chi connectivity index (χ1v) is 8.59. The summed E-state index contributed by atoms with van der Waals surface area (Å²) < 4.78 is 11.5. The zero-order valence-electron chi connectivity index (χ0n) is 13.9. The van der Waals surface area contributed by atoms with E-state index in [-0.39, 0.29) is 24.0 Å². The first-order valence-electron chi connectivity index (χ1n) is 8.59. The molecule has 126 valence electrons. The van der Waals surface area contributed by atoms with Crippen LogP contribution in [-0.2, 0) is 11.2 Å². The van der Waals surface area contributed by atoms with Crippen LogP contribution in [0.5, 0.6) is 11.5 Å². The van der Waals surface area contributed by atoms with Gasteiger partial charge in [-0.2, -0.15) is 0 Å². The molecule has 1 heterocycles. The molecule has 5 nitrogen and oxygen atoms in total. The first-order chi connectivity index (χ1) is 11.1. The van der Waals surface area contributed by atoms with Crippen molar-refractivity contribution in [3.8, 4) is 11.5 Å². The van der Waals surface area contributed by atoms with Gasteiger partial charge in [0.25, 0.3) is 0 Å². The second kappa shape index (κ2) is 6.79. The molecule has 1 aliphatic carbocycles. The molecule has 1 fully saturated rings. The molecule has 0 saturated heterocycles. The van der Waals surface area contributed by atoms with Gasteiger partial charge in [-0.05, 0) is 39.2 Å². The van der Waals surface area contributed by atoms with Crippen LogP contribution in [0.2, 0.25) is 0 Å². The predicted octanol–water partition coefficient (Wildman–Crippen LogP) is 2.86. The number of ether oxygens (including phenoxy) is 2. The van der Waals surface area contributed by atoms with Gasteiger partial charge >= 0.3 is 0 Å². The Morgan fingerprint density at radius 3 is 3.00 bits per heavy atom. The highest BCUT2D eigenvalue weighted by Crippen LogP contribution is 2.38. The van der Waals surface area contributed by atoms with Gasteiger partial charge in [-0.25, -0.2) is 0 Å². The summed E-state index contributed by atoms with van der Waals surface area (Å²) in [5, 5.41) is 3.03. The molecule has 2 aliphatic rings. The summed E-state index contributed by atoms with van der Waals surface area (Å²) >= 11 is 0. The van der Waals surface area contributed by atoms with E-state index in [0.717, 1.165) is 49.2 Å². The summed E-state index contributed by atoms with van der Waals surface area (Å²) in [6, 6.07) is 4.02. The average Bonchev–Trinajstić information content (AvgIpc) is 2.87.